The summed E-state index contributed by atoms with van der Waals surface area (Å²) in [7, 11) is 0. The van der Waals surface area contributed by atoms with Gasteiger partial charge in [-0.25, -0.2) is 8.78 Å². The Balaban J connectivity index is 2.57. The predicted octanol–water partition coefficient (Wildman–Crippen LogP) is 3.40. The summed E-state index contributed by atoms with van der Waals surface area (Å²) in [6.07, 6.45) is -2.60. The zero-order valence-corrected chi connectivity index (χ0v) is 10.9. The van der Waals surface area contributed by atoms with Gasteiger partial charge in [-0.1, -0.05) is 0 Å². The normalized spacial score (nSPS) is 11.9. The number of halogens is 2. The van der Waals surface area contributed by atoms with Crippen molar-refractivity contribution >= 4 is 5.69 Å². The Labute approximate surface area is 106 Å². The van der Waals surface area contributed by atoms with Crippen molar-refractivity contribution in [3.05, 3.63) is 23.8 Å². The number of alkyl halides is 2. The minimum Gasteiger partial charge on any atom is -0.491 e. The van der Waals surface area contributed by atoms with Crippen LogP contribution in [0.15, 0.2) is 18.2 Å². The molecule has 3 nitrogen and oxygen atoms in total. The van der Waals surface area contributed by atoms with Crippen LogP contribution in [-0.2, 0) is 4.74 Å². The first-order chi connectivity index (χ1) is 8.29. The summed E-state index contributed by atoms with van der Waals surface area (Å²) in [5.74, 6) is 0.150. The molecule has 1 aromatic carbocycles. The van der Waals surface area contributed by atoms with Crippen LogP contribution >= 0.6 is 0 Å². The number of hydrogen-bond acceptors (Lipinski definition) is 3. The van der Waals surface area contributed by atoms with E-state index in [1.54, 1.807) is 0 Å². The molecule has 18 heavy (non-hydrogen) atoms. The summed E-state index contributed by atoms with van der Waals surface area (Å²) < 4.78 is 36.2. The van der Waals surface area contributed by atoms with Gasteiger partial charge in [0.25, 0.3) is 6.43 Å². The Morgan fingerprint density at radius 2 is 1.89 bits per heavy atom. The van der Waals surface area contributed by atoms with Crippen molar-refractivity contribution in [3.8, 4) is 5.75 Å². The van der Waals surface area contributed by atoms with E-state index in [4.69, 9.17) is 15.2 Å². The number of anilines is 1. The van der Waals surface area contributed by atoms with Crippen molar-refractivity contribution in [2.24, 2.45) is 0 Å². The lowest BCUT2D eigenvalue weighted by Crippen LogP contribution is -2.22. The monoisotopic (exact) mass is 259 g/mol. The van der Waals surface area contributed by atoms with E-state index in [2.05, 4.69) is 0 Å². The van der Waals surface area contributed by atoms with Gasteiger partial charge in [-0.3, -0.25) is 0 Å². The Morgan fingerprint density at radius 3 is 2.44 bits per heavy atom. The quantitative estimate of drug-likeness (QED) is 0.651. The molecule has 0 spiro atoms. The minimum absolute atomic E-state index is 0.150. The molecule has 0 aliphatic carbocycles. The predicted molar refractivity (Wildman–Crippen MR) is 67.0 cm³/mol. The molecule has 0 amide bonds. The van der Waals surface area contributed by atoms with Gasteiger partial charge in [-0.15, -0.1) is 0 Å². The zero-order chi connectivity index (χ0) is 13.8. The molecule has 102 valence electrons. The van der Waals surface area contributed by atoms with Crippen molar-refractivity contribution in [2.75, 3.05) is 18.9 Å². The fourth-order valence-electron chi connectivity index (χ4n) is 1.37. The maximum absolute atomic E-state index is 12.7. The maximum atomic E-state index is 12.7. The van der Waals surface area contributed by atoms with Crippen molar-refractivity contribution in [2.45, 2.75) is 32.8 Å². The van der Waals surface area contributed by atoms with E-state index in [0.29, 0.717) is 12.3 Å². The van der Waals surface area contributed by atoms with Gasteiger partial charge in [0.1, 0.15) is 12.4 Å². The van der Waals surface area contributed by atoms with E-state index in [9.17, 15) is 8.78 Å². The standard InChI is InChI=1S/C13H19F2NO2/c1-13(2,3)18-7-6-17-11-5-4-9(16)8-10(11)12(14)15/h4-5,8,12H,6-7,16H2,1-3H3. The SMILES string of the molecule is CC(C)(C)OCCOc1ccc(N)cc1C(F)F. The Hall–Kier alpha value is -1.36. The lowest BCUT2D eigenvalue weighted by atomic mass is 10.2. The Bertz CT molecular complexity index is 389. The Kier molecular flexibility index (Phi) is 4.90. The summed E-state index contributed by atoms with van der Waals surface area (Å²) in [6, 6.07) is 4.21. The number of nitrogens with two attached hydrogens (primary N) is 1. The van der Waals surface area contributed by atoms with Crippen LogP contribution in [0.3, 0.4) is 0 Å². The van der Waals surface area contributed by atoms with Gasteiger partial charge in [-0.05, 0) is 39.0 Å². The number of benzene rings is 1. The second-order valence-corrected chi connectivity index (χ2v) is 4.91. The maximum Gasteiger partial charge on any atom is 0.267 e. The zero-order valence-electron chi connectivity index (χ0n) is 10.9. The van der Waals surface area contributed by atoms with Crippen molar-refractivity contribution < 1.29 is 18.3 Å². The van der Waals surface area contributed by atoms with Crippen molar-refractivity contribution in [3.63, 3.8) is 0 Å². The first kappa shape index (κ1) is 14.7. The highest BCUT2D eigenvalue weighted by molar-refractivity contribution is 5.48. The first-order valence-electron chi connectivity index (χ1n) is 5.74. The number of hydrogen-bond donors (Lipinski definition) is 1. The molecule has 0 aromatic heterocycles. The van der Waals surface area contributed by atoms with Crippen molar-refractivity contribution in [1.82, 2.24) is 0 Å². The van der Waals surface area contributed by atoms with E-state index in [1.807, 2.05) is 20.8 Å². The summed E-state index contributed by atoms with van der Waals surface area (Å²) >= 11 is 0. The fraction of sp³-hybridized carbons (Fsp3) is 0.538. The molecule has 1 aromatic rings. The average Bonchev–Trinajstić information content (AvgIpc) is 2.24. The number of rotatable bonds is 5. The average molecular weight is 259 g/mol. The molecule has 1 rings (SSSR count). The highest BCUT2D eigenvalue weighted by atomic mass is 19.3. The van der Waals surface area contributed by atoms with E-state index >= 15 is 0 Å². The lowest BCUT2D eigenvalue weighted by molar-refractivity contribution is -0.0167. The molecule has 0 fully saturated rings. The van der Waals surface area contributed by atoms with Crippen LogP contribution in [0.25, 0.3) is 0 Å². The van der Waals surface area contributed by atoms with Gasteiger partial charge in [0.2, 0.25) is 0 Å². The van der Waals surface area contributed by atoms with E-state index in [1.165, 1.54) is 18.2 Å². The van der Waals surface area contributed by atoms with Crippen molar-refractivity contribution in [1.29, 1.82) is 0 Å². The molecule has 0 saturated carbocycles. The first-order valence-corrected chi connectivity index (χ1v) is 5.74. The van der Waals surface area contributed by atoms with Crippen LogP contribution in [0.1, 0.15) is 32.8 Å². The molecule has 0 heterocycles. The van der Waals surface area contributed by atoms with Crippen LogP contribution in [0, 0.1) is 0 Å². The highest BCUT2D eigenvalue weighted by Gasteiger charge is 2.15. The van der Waals surface area contributed by atoms with Crippen LogP contribution in [-0.4, -0.2) is 18.8 Å². The molecule has 0 saturated heterocycles. The highest BCUT2D eigenvalue weighted by Crippen LogP contribution is 2.30. The number of nitrogen functional groups attached to an aromatic ring is 1. The molecule has 0 aliphatic heterocycles. The topological polar surface area (TPSA) is 44.5 Å². The van der Waals surface area contributed by atoms with Gasteiger partial charge in [0.05, 0.1) is 17.8 Å². The van der Waals surface area contributed by atoms with Crippen LogP contribution < -0.4 is 10.5 Å². The third kappa shape index (κ3) is 4.87. The largest absolute Gasteiger partial charge is 0.491 e. The molecule has 0 bridgehead atoms. The molecular weight excluding hydrogens is 240 g/mol. The van der Waals surface area contributed by atoms with Crippen LogP contribution in [0.2, 0.25) is 0 Å². The number of ether oxygens (including phenoxy) is 2. The molecular formula is C13H19F2NO2. The van der Waals surface area contributed by atoms with Gasteiger partial charge in [-0.2, -0.15) is 0 Å². The fourth-order valence-corrected chi connectivity index (χ4v) is 1.37. The van der Waals surface area contributed by atoms with Crippen LogP contribution in [0.4, 0.5) is 14.5 Å². The minimum atomic E-state index is -2.60. The van der Waals surface area contributed by atoms with E-state index < -0.39 is 6.43 Å². The molecule has 5 heteroatoms. The third-order valence-corrected chi connectivity index (χ3v) is 2.14. The molecule has 0 radical (unpaired) electrons. The van der Waals surface area contributed by atoms with Gasteiger partial charge in [0, 0.05) is 5.69 Å². The summed E-state index contributed by atoms with van der Waals surface area (Å²) in [6.45, 7) is 6.32. The third-order valence-electron chi connectivity index (χ3n) is 2.14. The molecule has 2 N–H and O–H groups in total. The Morgan fingerprint density at radius 1 is 1.22 bits per heavy atom. The van der Waals surface area contributed by atoms with E-state index in [-0.39, 0.29) is 23.5 Å². The molecule has 0 aliphatic rings. The lowest BCUT2D eigenvalue weighted by Gasteiger charge is -2.20. The summed E-state index contributed by atoms with van der Waals surface area (Å²) in [4.78, 5) is 0. The van der Waals surface area contributed by atoms with Gasteiger partial charge >= 0.3 is 0 Å². The van der Waals surface area contributed by atoms with Gasteiger partial charge < -0.3 is 15.2 Å². The second-order valence-electron chi connectivity index (χ2n) is 4.91. The second kappa shape index (κ2) is 6.00. The van der Waals surface area contributed by atoms with E-state index in [0.717, 1.165) is 0 Å². The molecule has 0 unspecified atom stereocenters. The summed E-state index contributed by atoms with van der Waals surface area (Å²) in [5.41, 5.74) is 5.30. The van der Waals surface area contributed by atoms with Gasteiger partial charge in [0.15, 0.2) is 0 Å². The molecule has 0 atom stereocenters. The smallest absolute Gasteiger partial charge is 0.267 e. The summed E-state index contributed by atoms with van der Waals surface area (Å²) in [5, 5.41) is 0. The van der Waals surface area contributed by atoms with Crippen LogP contribution in [0.5, 0.6) is 5.75 Å².